The van der Waals surface area contributed by atoms with Crippen molar-refractivity contribution >= 4 is 0 Å². The van der Waals surface area contributed by atoms with Crippen LogP contribution in [0.15, 0.2) is 0 Å². The van der Waals surface area contributed by atoms with E-state index in [1.165, 1.54) is 0 Å². The highest BCUT2D eigenvalue weighted by Gasteiger charge is 2.65. The number of hydrogen-bond donors (Lipinski definition) is 0. The van der Waals surface area contributed by atoms with Crippen LogP contribution < -0.4 is 0 Å². The van der Waals surface area contributed by atoms with Crippen LogP contribution in [-0.2, 0) is 18.9 Å². The largest absolute Gasteiger partial charge is 0.353 e. The van der Waals surface area contributed by atoms with Gasteiger partial charge < -0.3 is 18.9 Å². The zero-order valence-electron chi connectivity index (χ0n) is 17.0. The van der Waals surface area contributed by atoms with Gasteiger partial charge in [-0.05, 0) is 49.9 Å². The van der Waals surface area contributed by atoms with Crippen molar-refractivity contribution in [2.45, 2.75) is 69.9 Å². The van der Waals surface area contributed by atoms with E-state index in [-0.39, 0.29) is 11.3 Å². The van der Waals surface area contributed by atoms with Gasteiger partial charge in [-0.15, -0.1) is 0 Å². The Kier molecular flexibility index (Phi) is 5.71. The van der Waals surface area contributed by atoms with Gasteiger partial charge in [-0.1, -0.05) is 6.92 Å². The highest BCUT2D eigenvalue weighted by Crippen LogP contribution is 2.66. The average molecular weight is 366 g/mol. The number of hydrogen-bond acceptors (Lipinski definition) is 5. The van der Waals surface area contributed by atoms with E-state index in [0.29, 0.717) is 24.2 Å². The Morgan fingerprint density at radius 1 is 0.885 bits per heavy atom. The SMILES string of the molecule is COC1(OC)CCC2C(CC[C@]3(C)C2CCC3(OC)OC)C1CCC#N. The predicted octanol–water partition coefficient (Wildman–Crippen LogP) is 4.12. The minimum Gasteiger partial charge on any atom is -0.353 e. The van der Waals surface area contributed by atoms with Crippen molar-refractivity contribution < 1.29 is 18.9 Å². The van der Waals surface area contributed by atoms with E-state index in [9.17, 15) is 0 Å². The van der Waals surface area contributed by atoms with Gasteiger partial charge >= 0.3 is 0 Å². The van der Waals surface area contributed by atoms with Gasteiger partial charge in [0, 0.05) is 59.0 Å². The molecule has 5 heteroatoms. The molecule has 3 aliphatic carbocycles. The van der Waals surface area contributed by atoms with Crippen LogP contribution in [0.2, 0.25) is 0 Å². The minimum atomic E-state index is -0.538. The standard InChI is InChI=1S/C21H35NO4/c1-19-11-8-16-15(17(19)10-13-21(19,25-4)26-5)9-12-20(23-2,24-3)18(16)7-6-14-22/h15-18H,6-13H2,1-5H3/t15?,16?,17?,18?,19-/m1/s1. The van der Waals surface area contributed by atoms with Gasteiger partial charge in [0.05, 0.1) is 6.07 Å². The highest BCUT2D eigenvalue weighted by molar-refractivity contribution is 5.10. The van der Waals surface area contributed by atoms with Crippen molar-refractivity contribution in [1.82, 2.24) is 0 Å². The smallest absolute Gasteiger partial charge is 0.173 e. The molecule has 5 atom stereocenters. The summed E-state index contributed by atoms with van der Waals surface area (Å²) in [6.45, 7) is 2.37. The molecule has 0 N–H and O–H groups in total. The molecule has 5 nitrogen and oxygen atoms in total. The molecule has 0 bridgehead atoms. The summed E-state index contributed by atoms with van der Waals surface area (Å²) in [6.07, 6.45) is 7.75. The van der Waals surface area contributed by atoms with E-state index in [0.717, 1.165) is 44.9 Å². The lowest BCUT2D eigenvalue weighted by atomic mass is 9.52. The highest BCUT2D eigenvalue weighted by atomic mass is 16.7. The van der Waals surface area contributed by atoms with Gasteiger partial charge in [0.2, 0.25) is 0 Å². The second-order valence-electron chi connectivity index (χ2n) is 8.65. The summed E-state index contributed by atoms with van der Waals surface area (Å²) in [4.78, 5) is 0. The molecule has 4 unspecified atom stereocenters. The van der Waals surface area contributed by atoms with Gasteiger partial charge in [0.15, 0.2) is 11.6 Å². The third-order valence-electron chi connectivity index (χ3n) is 8.36. The zero-order chi connectivity index (χ0) is 19.0. The zero-order valence-corrected chi connectivity index (χ0v) is 17.0. The lowest BCUT2D eigenvalue weighted by Gasteiger charge is -2.58. The van der Waals surface area contributed by atoms with E-state index < -0.39 is 11.6 Å². The van der Waals surface area contributed by atoms with E-state index in [4.69, 9.17) is 24.2 Å². The molecule has 3 aliphatic rings. The first kappa shape index (κ1) is 20.1. The minimum absolute atomic E-state index is 0.0532. The number of ether oxygens (including phenoxy) is 4. The Balaban J connectivity index is 1.91. The molecule has 0 aromatic carbocycles. The van der Waals surface area contributed by atoms with Gasteiger partial charge in [0.1, 0.15) is 0 Å². The Morgan fingerprint density at radius 2 is 1.54 bits per heavy atom. The Bertz CT molecular complexity index is 537. The summed E-state index contributed by atoms with van der Waals surface area (Å²) in [5.41, 5.74) is 0.0532. The molecule has 3 saturated carbocycles. The first-order valence-electron chi connectivity index (χ1n) is 10.0. The quantitative estimate of drug-likeness (QED) is 0.663. The first-order valence-corrected chi connectivity index (χ1v) is 10.0. The second kappa shape index (κ2) is 7.39. The molecule has 0 amide bonds. The van der Waals surface area contributed by atoms with Crippen LogP contribution in [0.4, 0.5) is 0 Å². The lowest BCUT2D eigenvalue weighted by molar-refractivity contribution is -0.302. The average Bonchev–Trinajstić information content (AvgIpc) is 2.98. The molecule has 0 heterocycles. The molecule has 0 saturated heterocycles. The predicted molar refractivity (Wildman–Crippen MR) is 98.1 cm³/mol. The number of nitrogens with zero attached hydrogens (tertiary/aromatic N) is 1. The van der Waals surface area contributed by atoms with Crippen LogP contribution in [0.5, 0.6) is 0 Å². The van der Waals surface area contributed by atoms with Crippen molar-refractivity contribution in [2.75, 3.05) is 28.4 Å². The molecule has 0 radical (unpaired) electrons. The number of nitriles is 1. The third-order valence-corrected chi connectivity index (χ3v) is 8.36. The van der Waals surface area contributed by atoms with Gasteiger partial charge in [-0.2, -0.15) is 5.26 Å². The molecule has 3 fully saturated rings. The normalized spacial score (nSPS) is 40.5. The molecule has 148 valence electrons. The summed E-state index contributed by atoms with van der Waals surface area (Å²) in [5.74, 6) is 1.05. The molecule has 26 heavy (non-hydrogen) atoms. The van der Waals surface area contributed by atoms with Crippen LogP contribution in [0.3, 0.4) is 0 Å². The number of rotatable bonds is 6. The lowest BCUT2D eigenvalue weighted by Crippen LogP contribution is -2.58. The molecule has 0 aromatic heterocycles. The summed E-state index contributed by atoms with van der Waals surface area (Å²) in [7, 11) is 7.10. The van der Waals surface area contributed by atoms with Crippen LogP contribution in [0.25, 0.3) is 0 Å². The third kappa shape index (κ3) is 2.64. The number of methoxy groups -OCH3 is 4. The van der Waals surface area contributed by atoms with E-state index in [1.807, 2.05) is 0 Å². The van der Waals surface area contributed by atoms with Gasteiger partial charge in [-0.3, -0.25) is 0 Å². The Morgan fingerprint density at radius 3 is 2.12 bits per heavy atom. The summed E-state index contributed by atoms with van der Waals surface area (Å²) < 4.78 is 23.8. The molecular formula is C21H35NO4. The molecule has 0 aliphatic heterocycles. The van der Waals surface area contributed by atoms with Crippen molar-refractivity contribution in [3.63, 3.8) is 0 Å². The first-order chi connectivity index (χ1) is 12.5. The maximum atomic E-state index is 9.17. The molecule has 3 rings (SSSR count). The maximum absolute atomic E-state index is 9.17. The van der Waals surface area contributed by atoms with Crippen LogP contribution in [0.1, 0.15) is 58.3 Å². The fraction of sp³-hybridized carbons (Fsp3) is 0.952. The molecule has 0 spiro atoms. The molecule has 0 aromatic rings. The van der Waals surface area contributed by atoms with Crippen LogP contribution in [0, 0.1) is 40.4 Å². The summed E-state index contributed by atoms with van der Waals surface area (Å²) >= 11 is 0. The van der Waals surface area contributed by atoms with Crippen LogP contribution >= 0.6 is 0 Å². The molecular weight excluding hydrogens is 330 g/mol. The number of fused-ring (bicyclic) bond motifs is 3. The fourth-order valence-corrected chi connectivity index (χ4v) is 7.07. The topological polar surface area (TPSA) is 60.7 Å². The van der Waals surface area contributed by atoms with Crippen molar-refractivity contribution in [1.29, 1.82) is 5.26 Å². The van der Waals surface area contributed by atoms with Crippen LogP contribution in [-0.4, -0.2) is 40.0 Å². The van der Waals surface area contributed by atoms with Crippen molar-refractivity contribution in [3.8, 4) is 6.07 Å². The summed E-state index contributed by atoms with van der Waals surface area (Å²) in [5, 5.41) is 9.17. The Labute approximate surface area is 158 Å². The van der Waals surface area contributed by atoms with Crippen molar-refractivity contribution in [2.24, 2.45) is 29.1 Å². The van der Waals surface area contributed by atoms with E-state index >= 15 is 0 Å². The van der Waals surface area contributed by atoms with Gasteiger partial charge in [0.25, 0.3) is 0 Å². The summed E-state index contributed by atoms with van der Waals surface area (Å²) in [6, 6.07) is 2.33. The fourth-order valence-electron chi connectivity index (χ4n) is 7.07. The monoisotopic (exact) mass is 365 g/mol. The van der Waals surface area contributed by atoms with E-state index in [2.05, 4.69) is 13.0 Å². The van der Waals surface area contributed by atoms with Crippen molar-refractivity contribution in [3.05, 3.63) is 0 Å². The Hall–Kier alpha value is -0.670. The maximum Gasteiger partial charge on any atom is 0.173 e. The van der Waals surface area contributed by atoms with Gasteiger partial charge in [-0.25, -0.2) is 0 Å². The van der Waals surface area contributed by atoms with E-state index in [1.54, 1.807) is 28.4 Å². The second-order valence-corrected chi connectivity index (χ2v) is 8.65.